The van der Waals surface area contributed by atoms with Crippen molar-refractivity contribution in [3.63, 3.8) is 0 Å². The fourth-order valence-corrected chi connectivity index (χ4v) is 3.58. The number of aliphatic hydroxyl groups excluding tert-OH is 1. The number of nitrogens with two attached hydrogens (primary N) is 1. The molecule has 33 heavy (non-hydrogen) atoms. The van der Waals surface area contributed by atoms with Crippen LogP contribution in [0.15, 0.2) is 36.5 Å². The number of benzene rings is 1. The Bertz CT molecular complexity index is 863. The van der Waals surface area contributed by atoms with Gasteiger partial charge in [-0.1, -0.05) is 30.3 Å². The second-order valence-corrected chi connectivity index (χ2v) is 8.88. The lowest BCUT2D eigenvalue weighted by Crippen LogP contribution is -2.50. The van der Waals surface area contributed by atoms with Gasteiger partial charge in [-0.2, -0.15) is 5.10 Å². The number of aryl methyl sites for hydroxylation is 1. The van der Waals surface area contributed by atoms with E-state index in [1.807, 2.05) is 18.2 Å². The van der Waals surface area contributed by atoms with Gasteiger partial charge in [0.25, 0.3) is 0 Å². The molecule has 0 bridgehead atoms. The van der Waals surface area contributed by atoms with Crippen molar-refractivity contribution < 1.29 is 19.8 Å². The van der Waals surface area contributed by atoms with Gasteiger partial charge in [-0.25, -0.2) is 4.79 Å². The summed E-state index contributed by atoms with van der Waals surface area (Å²) in [6.45, 7) is 4.03. The van der Waals surface area contributed by atoms with Crippen molar-refractivity contribution in [3.8, 4) is 0 Å². The average Bonchev–Trinajstić information content (AvgIpc) is 3.23. The van der Waals surface area contributed by atoms with E-state index < -0.39 is 11.6 Å². The van der Waals surface area contributed by atoms with Crippen molar-refractivity contribution in [1.82, 2.24) is 20.4 Å². The molecule has 9 nitrogen and oxygen atoms in total. The van der Waals surface area contributed by atoms with Crippen molar-refractivity contribution in [3.05, 3.63) is 53.3 Å². The molecule has 1 atom stereocenters. The minimum Gasteiger partial charge on any atom is -0.465 e. The molecule has 0 saturated heterocycles. The lowest BCUT2D eigenvalue weighted by atomic mass is 9.98. The minimum atomic E-state index is -1.02. The molecule has 0 spiro atoms. The third kappa shape index (κ3) is 8.86. The zero-order valence-electron chi connectivity index (χ0n) is 19.6. The molecule has 1 unspecified atom stereocenters. The molecule has 2 amide bonds. The topological polar surface area (TPSA) is 145 Å². The molecule has 2 rings (SSSR count). The Balaban J connectivity index is 2.09. The first kappa shape index (κ1) is 26.3. The smallest absolute Gasteiger partial charge is 0.407 e. The molecule has 0 saturated carbocycles. The highest BCUT2D eigenvalue weighted by molar-refractivity contribution is 5.85. The van der Waals surface area contributed by atoms with Crippen molar-refractivity contribution >= 4 is 12.0 Å². The van der Waals surface area contributed by atoms with Gasteiger partial charge in [0, 0.05) is 19.7 Å². The van der Waals surface area contributed by atoms with Crippen LogP contribution in [0.1, 0.15) is 62.4 Å². The molecular weight excluding hydrogens is 422 g/mol. The highest BCUT2D eigenvalue weighted by Gasteiger charge is 2.27. The molecule has 1 aromatic carbocycles. The number of carbonyl (C=O) groups is 2. The molecule has 9 heteroatoms. The number of hydrogen-bond donors (Lipinski definition) is 5. The maximum Gasteiger partial charge on any atom is 0.407 e. The molecule has 0 aliphatic carbocycles. The van der Waals surface area contributed by atoms with E-state index in [4.69, 9.17) is 10.8 Å². The van der Waals surface area contributed by atoms with E-state index in [2.05, 4.69) is 27.6 Å². The van der Waals surface area contributed by atoms with Crippen LogP contribution in [0, 0.1) is 0 Å². The van der Waals surface area contributed by atoms with Gasteiger partial charge in [-0.15, -0.1) is 0 Å². The van der Waals surface area contributed by atoms with Gasteiger partial charge >= 0.3 is 6.09 Å². The van der Waals surface area contributed by atoms with Gasteiger partial charge in [0.1, 0.15) is 0 Å². The Morgan fingerprint density at radius 1 is 1.15 bits per heavy atom. The van der Waals surface area contributed by atoms with Crippen LogP contribution in [0.4, 0.5) is 4.79 Å². The number of aromatic nitrogens is 2. The number of carbonyl (C=O) groups excluding carboxylic acids is 1. The van der Waals surface area contributed by atoms with Gasteiger partial charge in [-0.3, -0.25) is 9.89 Å². The lowest BCUT2D eigenvalue weighted by molar-refractivity contribution is -0.126. The number of carboxylic acid groups (broad SMARTS) is 1. The summed E-state index contributed by atoms with van der Waals surface area (Å²) in [4.78, 5) is 25.6. The maximum absolute atomic E-state index is 12.6. The second kappa shape index (κ2) is 13.0. The number of aliphatic hydroxyl groups is 1. The van der Waals surface area contributed by atoms with Crippen molar-refractivity contribution in [1.29, 1.82) is 0 Å². The third-order valence-corrected chi connectivity index (χ3v) is 5.55. The zero-order chi connectivity index (χ0) is 24.3. The first-order chi connectivity index (χ1) is 15.7. The van der Waals surface area contributed by atoms with Gasteiger partial charge in [0.05, 0.1) is 23.5 Å². The predicted octanol–water partition coefficient (Wildman–Crippen LogP) is 2.62. The standard InChI is InChI=1S/C24H37N5O4/c1-24(2,25)22(31)27-20(12-8-11-18-9-4-3-5-10-18)21-19(17-26-28-21)13-15-29(23(32)33)14-6-7-16-30/h3-5,9-10,17,20,30H,6-8,11-16,25H2,1-2H3,(H,26,28)(H,27,31)(H,32,33). The number of hydrogen-bond acceptors (Lipinski definition) is 5. The van der Waals surface area contributed by atoms with E-state index >= 15 is 0 Å². The number of nitrogens with one attached hydrogen (secondary N) is 2. The third-order valence-electron chi connectivity index (χ3n) is 5.55. The number of unbranched alkanes of at least 4 members (excludes halogenated alkanes) is 1. The number of rotatable bonds is 14. The molecular formula is C24H37N5O4. The molecule has 2 aromatic rings. The van der Waals surface area contributed by atoms with Crippen LogP contribution in [0.5, 0.6) is 0 Å². The molecule has 0 radical (unpaired) electrons. The summed E-state index contributed by atoms with van der Waals surface area (Å²) in [5.41, 5.74) is 7.85. The summed E-state index contributed by atoms with van der Waals surface area (Å²) in [6.07, 6.45) is 4.74. The highest BCUT2D eigenvalue weighted by Crippen LogP contribution is 2.23. The van der Waals surface area contributed by atoms with Gasteiger partial charge in [0.2, 0.25) is 5.91 Å². The van der Waals surface area contributed by atoms with Crippen LogP contribution >= 0.6 is 0 Å². The first-order valence-electron chi connectivity index (χ1n) is 11.5. The molecule has 182 valence electrons. The Kier molecular flexibility index (Phi) is 10.3. The number of aromatic amines is 1. The number of amides is 2. The highest BCUT2D eigenvalue weighted by atomic mass is 16.4. The monoisotopic (exact) mass is 459 g/mol. The molecule has 0 aliphatic heterocycles. The van der Waals surface area contributed by atoms with E-state index in [1.165, 1.54) is 10.5 Å². The van der Waals surface area contributed by atoms with Crippen LogP contribution in [-0.4, -0.2) is 62.5 Å². The quantitative estimate of drug-likeness (QED) is 0.275. The van der Waals surface area contributed by atoms with Crippen LogP contribution in [0.2, 0.25) is 0 Å². The fourth-order valence-electron chi connectivity index (χ4n) is 3.58. The van der Waals surface area contributed by atoms with Crippen LogP contribution in [-0.2, 0) is 17.6 Å². The number of H-pyrrole nitrogens is 1. The summed E-state index contributed by atoms with van der Waals surface area (Å²) in [6, 6.07) is 9.84. The molecule has 1 aromatic heterocycles. The van der Waals surface area contributed by atoms with E-state index in [0.29, 0.717) is 38.8 Å². The first-order valence-corrected chi connectivity index (χ1v) is 11.5. The SMILES string of the molecule is CC(C)(N)C(=O)NC(CCCc1ccccc1)c1[nH]ncc1CCN(CCCCO)C(=O)O. The summed E-state index contributed by atoms with van der Waals surface area (Å²) < 4.78 is 0. The second-order valence-electron chi connectivity index (χ2n) is 8.88. The Morgan fingerprint density at radius 3 is 2.52 bits per heavy atom. The molecule has 0 aliphatic rings. The van der Waals surface area contributed by atoms with Crippen molar-refractivity contribution in [2.45, 2.75) is 64.0 Å². The van der Waals surface area contributed by atoms with Crippen LogP contribution < -0.4 is 11.1 Å². The Morgan fingerprint density at radius 2 is 1.88 bits per heavy atom. The van der Waals surface area contributed by atoms with Crippen LogP contribution in [0.25, 0.3) is 0 Å². The summed E-state index contributed by atoms with van der Waals surface area (Å²) in [7, 11) is 0. The molecule has 6 N–H and O–H groups in total. The fraction of sp³-hybridized carbons (Fsp3) is 0.542. The average molecular weight is 460 g/mol. The van der Waals surface area contributed by atoms with Gasteiger partial charge in [0.15, 0.2) is 0 Å². The summed E-state index contributed by atoms with van der Waals surface area (Å²) >= 11 is 0. The lowest BCUT2D eigenvalue weighted by Gasteiger charge is -2.25. The Labute approximate surface area is 195 Å². The molecule has 1 heterocycles. The van der Waals surface area contributed by atoms with E-state index in [-0.39, 0.29) is 18.6 Å². The number of nitrogens with zero attached hydrogens (tertiary/aromatic N) is 2. The van der Waals surface area contributed by atoms with Gasteiger partial charge < -0.3 is 26.2 Å². The van der Waals surface area contributed by atoms with Crippen molar-refractivity contribution in [2.75, 3.05) is 19.7 Å². The summed E-state index contributed by atoms with van der Waals surface area (Å²) in [5.74, 6) is -0.260. The van der Waals surface area contributed by atoms with Crippen LogP contribution in [0.3, 0.4) is 0 Å². The van der Waals surface area contributed by atoms with E-state index in [0.717, 1.165) is 24.1 Å². The maximum atomic E-state index is 12.6. The molecule has 0 fully saturated rings. The van der Waals surface area contributed by atoms with Crippen molar-refractivity contribution in [2.24, 2.45) is 5.73 Å². The van der Waals surface area contributed by atoms with Gasteiger partial charge in [-0.05, 0) is 63.5 Å². The predicted molar refractivity (Wildman–Crippen MR) is 127 cm³/mol. The zero-order valence-corrected chi connectivity index (χ0v) is 19.6. The Hall–Kier alpha value is -2.91. The normalized spacial score (nSPS) is 12.4. The van der Waals surface area contributed by atoms with E-state index in [9.17, 15) is 14.7 Å². The summed E-state index contributed by atoms with van der Waals surface area (Å²) in [5, 5.41) is 28.7. The largest absolute Gasteiger partial charge is 0.465 e. The van der Waals surface area contributed by atoms with E-state index in [1.54, 1.807) is 20.0 Å². The minimum absolute atomic E-state index is 0.0428.